The van der Waals surface area contributed by atoms with E-state index < -0.39 is 71.6 Å². The van der Waals surface area contributed by atoms with Crippen LogP contribution in [0.25, 0.3) is 0 Å². The van der Waals surface area contributed by atoms with Crippen molar-refractivity contribution >= 4 is 23.8 Å². The van der Waals surface area contributed by atoms with E-state index in [2.05, 4.69) is 12.2 Å². The largest absolute Gasteiger partial charge is 0.458 e. The van der Waals surface area contributed by atoms with Crippen LogP contribution in [0.2, 0.25) is 0 Å². The maximum Gasteiger partial charge on any atom is 0.335 e. The minimum absolute atomic E-state index is 0.114. The van der Waals surface area contributed by atoms with Crippen molar-refractivity contribution in [2.75, 3.05) is 13.7 Å². The summed E-state index contributed by atoms with van der Waals surface area (Å²) in [6, 6.07) is 5.90. The zero-order chi connectivity index (χ0) is 33.6. The first-order chi connectivity index (χ1) is 22.5. The topological polar surface area (TPSA) is 129 Å². The van der Waals surface area contributed by atoms with Crippen molar-refractivity contribution in [1.29, 1.82) is 0 Å². The van der Waals surface area contributed by atoms with Gasteiger partial charge in [-0.3, -0.25) is 14.5 Å². The molecule has 10 atom stereocenters. The molecule has 0 unspecified atom stereocenters. The van der Waals surface area contributed by atoms with Gasteiger partial charge < -0.3 is 24.1 Å². The van der Waals surface area contributed by atoms with Crippen LogP contribution >= 0.6 is 0 Å². The molecule has 1 fully saturated rings. The number of esters is 2. The fraction of sp³-hybridized carbons (Fsp3) is 0.514. The third-order valence-electron chi connectivity index (χ3n) is 10.6. The van der Waals surface area contributed by atoms with E-state index >= 15 is 0 Å². The van der Waals surface area contributed by atoms with Crippen LogP contribution in [-0.4, -0.2) is 83.5 Å². The lowest BCUT2D eigenvalue weighted by Crippen LogP contribution is -2.51. The molecular weight excluding hydrogens is 602 g/mol. The molecule has 5 aliphatic rings. The van der Waals surface area contributed by atoms with Gasteiger partial charge in [-0.15, -0.1) is 0 Å². The molecule has 2 bridgehead atoms. The number of imide groups is 1. The van der Waals surface area contributed by atoms with E-state index in [4.69, 9.17) is 18.9 Å². The molecule has 0 aromatic heterocycles. The molecule has 2 amide bonds. The zero-order valence-corrected chi connectivity index (χ0v) is 27.5. The number of allylic oxidation sites excluding steroid dienone is 3. The molecule has 47 heavy (non-hydrogen) atoms. The number of methoxy groups -OCH3 is 1. The first-order valence-electron chi connectivity index (χ1n) is 16.4. The smallest absolute Gasteiger partial charge is 0.335 e. The number of rotatable bonds is 8. The molecule has 0 radical (unpaired) electrons. The molecule has 3 aliphatic heterocycles. The van der Waals surface area contributed by atoms with Gasteiger partial charge in [0.25, 0.3) is 11.8 Å². The van der Waals surface area contributed by atoms with Gasteiger partial charge in [0.2, 0.25) is 0 Å². The highest BCUT2D eigenvalue weighted by molar-refractivity contribution is 6.21. The van der Waals surface area contributed by atoms with Crippen molar-refractivity contribution in [2.24, 2.45) is 23.7 Å². The average Bonchev–Trinajstić information content (AvgIpc) is 3.78. The molecule has 3 heterocycles. The summed E-state index contributed by atoms with van der Waals surface area (Å²) >= 11 is 0. The lowest BCUT2D eigenvalue weighted by molar-refractivity contribution is -0.172. The third kappa shape index (κ3) is 5.70. The summed E-state index contributed by atoms with van der Waals surface area (Å²) in [5.74, 6) is -3.06. The number of amides is 2. The van der Waals surface area contributed by atoms with E-state index in [1.165, 1.54) is 12.0 Å². The number of benzene rings is 1. The second-order valence-corrected chi connectivity index (χ2v) is 13.5. The Morgan fingerprint density at radius 3 is 2.43 bits per heavy atom. The average molecular weight is 646 g/mol. The first kappa shape index (κ1) is 33.1. The Labute approximate surface area is 275 Å². The van der Waals surface area contributed by atoms with Gasteiger partial charge in [-0.05, 0) is 50.8 Å². The normalized spacial score (nSPS) is 34.5. The summed E-state index contributed by atoms with van der Waals surface area (Å²) in [5.41, 5.74) is 1.25. The van der Waals surface area contributed by atoms with E-state index in [-0.39, 0.29) is 24.9 Å². The fourth-order valence-electron chi connectivity index (χ4n) is 7.96. The molecule has 10 nitrogen and oxygen atoms in total. The van der Waals surface area contributed by atoms with E-state index in [9.17, 15) is 24.3 Å². The van der Waals surface area contributed by atoms with Gasteiger partial charge in [-0.1, -0.05) is 62.4 Å². The number of nitrogens with zero attached hydrogens (tertiary/aromatic N) is 1. The van der Waals surface area contributed by atoms with Crippen LogP contribution < -0.4 is 0 Å². The molecular formula is C37H43NO9. The van der Waals surface area contributed by atoms with Crippen LogP contribution in [0.15, 0.2) is 71.9 Å². The van der Waals surface area contributed by atoms with Crippen LogP contribution in [0.4, 0.5) is 0 Å². The molecule has 1 spiro atoms. The van der Waals surface area contributed by atoms with Crippen molar-refractivity contribution in [1.82, 2.24) is 4.90 Å². The Kier molecular flexibility index (Phi) is 9.13. The summed E-state index contributed by atoms with van der Waals surface area (Å²) in [7, 11) is 1.46. The first-order valence-corrected chi connectivity index (χ1v) is 16.4. The molecule has 250 valence electrons. The number of hydrogen-bond donors (Lipinski definition) is 1. The second kappa shape index (κ2) is 13.0. The van der Waals surface area contributed by atoms with Gasteiger partial charge in [-0.2, -0.15) is 0 Å². The number of cyclic esters (lactones) is 1. The van der Waals surface area contributed by atoms with E-state index in [1.807, 2.05) is 39.0 Å². The highest BCUT2D eigenvalue weighted by atomic mass is 16.6. The number of aliphatic hydroxyl groups excluding tert-OH is 1. The van der Waals surface area contributed by atoms with Crippen molar-refractivity contribution in [3.8, 4) is 0 Å². The zero-order valence-electron chi connectivity index (χ0n) is 27.5. The Hall–Kier alpha value is -3.86. The highest BCUT2D eigenvalue weighted by Crippen LogP contribution is 2.53. The number of hydrogen-bond acceptors (Lipinski definition) is 9. The minimum Gasteiger partial charge on any atom is -0.458 e. The van der Waals surface area contributed by atoms with Crippen LogP contribution in [0.5, 0.6) is 0 Å². The molecule has 1 aromatic carbocycles. The lowest BCUT2D eigenvalue weighted by Gasteiger charge is -2.42. The SMILES string of the molecule is CO[C@H]1C[C@H]2C=C[C@@H]3C[C@]2(O[C@H]3[C@H](OC(=O)C2=CC=CC2)[C@H](C)CO)/C(C)=C/[C@@H](C)[C@@H]([C@H](C)N2C(=O)c3ccccc3C2=O)OC1=O. The summed E-state index contributed by atoms with van der Waals surface area (Å²) in [6.07, 6.45) is 9.85. The highest BCUT2D eigenvalue weighted by Gasteiger charge is 2.57. The maximum absolute atomic E-state index is 13.7. The van der Waals surface area contributed by atoms with E-state index in [0.29, 0.717) is 29.5 Å². The van der Waals surface area contributed by atoms with Gasteiger partial charge in [0.05, 0.1) is 22.8 Å². The molecule has 10 heteroatoms. The van der Waals surface area contributed by atoms with E-state index in [1.54, 1.807) is 37.3 Å². The van der Waals surface area contributed by atoms with Crippen molar-refractivity contribution in [3.05, 3.63) is 83.0 Å². The molecule has 6 rings (SSSR count). The van der Waals surface area contributed by atoms with Gasteiger partial charge in [0.15, 0.2) is 6.10 Å². The maximum atomic E-state index is 13.7. The van der Waals surface area contributed by atoms with Crippen molar-refractivity contribution in [2.45, 2.75) is 83.0 Å². The molecule has 1 aromatic rings. The van der Waals surface area contributed by atoms with Crippen molar-refractivity contribution < 1.29 is 43.2 Å². The number of carbonyl (C=O) groups excluding carboxylic acids is 4. The Morgan fingerprint density at radius 1 is 1.11 bits per heavy atom. The van der Waals surface area contributed by atoms with E-state index in [0.717, 1.165) is 5.57 Å². The number of carbonyl (C=O) groups is 4. The fourth-order valence-corrected chi connectivity index (χ4v) is 7.96. The molecule has 0 saturated carbocycles. The van der Waals surface area contributed by atoms with Gasteiger partial charge in [0, 0.05) is 43.0 Å². The van der Waals surface area contributed by atoms with Crippen LogP contribution in [-0.2, 0) is 28.5 Å². The van der Waals surface area contributed by atoms with Crippen LogP contribution in [0, 0.1) is 23.7 Å². The second-order valence-electron chi connectivity index (χ2n) is 13.5. The Balaban J connectivity index is 1.34. The van der Waals surface area contributed by atoms with Crippen LogP contribution in [0.3, 0.4) is 0 Å². The predicted molar refractivity (Wildman–Crippen MR) is 171 cm³/mol. The quantitative estimate of drug-likeness (QED) is 0.249. The monoisotopic (exact) mass is 645 g/mol. The summed E-state index contributed by atoms with van der Waals surface area (Å²) in [5, 5.41) is 10.2. The number of fused-ring (bicyclic) bond motifs is 2. The molecule has 2 aliphatic carbocycles. The van der Waals surface area contributed by atoms with Gasteiger partial charge in [-0.25, -0.2) is 9.59 Å². The molecule has 1 N–H and O–H groups in total. The van der Waals surface area contributed by atoms with Gasteiger partial charge >= 0.3 is 11.9 Å². The number of ether oxygens (including phenoxy) is 4. The predicted octanol–water partition coefficient (Wildman–Crippen LogP) is 4.34. The Bertz CT molecular complexity index is 1540. The van der Waals surface area contributed by atoms with Crippen molar-refractivity contribution in [3.63, 3.8) is 0 Å². The lowest BCUT2D eigenvalue weighted by atomic mass is 9.69. The third-order valence-corrected chi connectivity index (χ3v) is 10.6. The number of aliphatic hydroxyl groups is 1. The Morgan fingerprint density at radius 2 is 1.81 bits per heavy atom. The summed E-state index contributed by atoms with van der Waals surface area (Å²) in [6.45, 7) is 7.25. The standard InChI is InChI=1S/C37H43NO9/c1-20-16-22(3)37-18-25(32(47-37)31(21(2)19-39)46-35(42)24-10-6-7-11-24)14-15-26(37)17-29(44-5)36(43)45-30(20)23(4)38-33(40)27-12-8-9-13-28(27)34(38)41/h6-10,12-16,20-21,23,25-26,29-32,39H,11,17-19H2,1-5H3/b22-16+/t20-,21-,23+,25-,26-,29+,30+,31-,32-,37+/m1/s1. The van der Waals surface area contributed by atoms with Gasteiger partial charge in [0.1, 0.15) is 18.3 Å². The van der Waals surface area contributed by atoms with Crippen LogP contribution in [0.1, 0.15) is 67.7 Å². The molecule has 1 saturated heterocycles. The minimum atomic E-state index is -0.942. The summed E-state index contributed by atoms with van der Waals surface area (Å²) in [4.78, 5) is 54.8. The summed E-state index contributed by atoms with van der Waals surface area (Å²) < 4.78 is 24.9.